The van der Waals surface area contributed by atoms with E-state index in [-0.39, 0.29) is 11.4 Å². The molecule has 2 heterocycles. The number of nitrogens with one attached hydrogen (secondary N) is 1. The summed E-state index contributed by atoms with van der Waals surface area (Å²) in [5, 5.41) is 7.52. The molecule has 12 nitrogen and oxygen atoms in total. The number of carbonyl (C=O) groups excluding carboxylic acids is 1. The fourth-order valence-electron chi connectivity index (χ4n) is 3.61. The smallest absolute Gasteiger partial charge is 0.254 e. The number of aryl methyl sites for hydroxylation is 1. The number of likely N-dealkylation sites (N-methyl/N-ethyl adjacent to an activating group) is 1. The van der Waals surface area contributed by atoms with Crippen molar-refractivity contribution in [3.8, 4) is 17.1 Å². The van der Waals surface area contributed by atoms with E-state index in [0.717, 1.165) is 11.3 Å². The number of aliphatic imine (C=N–C) groups is 1. The molecule has 0 spiro atoms. The van der Waals surface area contributed by atoms with Gasteiger partial charge in [-0.2, -0.15) is 10.1 Å². The molecule has 0 aliphatic heterocycles. The predicted octanol–water partition coefficient (Wildman–Crippen LogP) is 2.80. The molecule has 194 valence electrons. The molecule has 0 saturated carbocycles. The Morgan fingerprint density at radius 2 is 1.97 bits per heavy atom. The van der Waals surface area contributed by atoms with Crippen LogP contribution < -0.4 is 26.4 Å². The van der Waals surface area contributed by atoms with Gasteiger partial charge in [0.2, 0.25) is 5.95 Å². The predicted molar refractivity (Wildman–Crippen MR) is 147 cm³/mol. The Hall–Kier alpha value is -5.26. The normalized spacial score (nSPS) is 11.5. The van der Waals surface area contributed by atoms with E-state index in [1.165, 1.54) is 12.4 Å². The number of primary amides is 1. The minimum absolute atomic E-state index is 0.116. The Morgan fingerprint density at radius 1 is 1.18 bits per heavy atom. The van der Waals surface area contributed by atoms with Crippen molar-refractivity contribution >= 4 is 35.3 Å². The number of benzene rings is 2. The van der Waals surface area contributed by atoms with Crippen molar-refractivity contribution in [3.05, 3.63) is 78.4 Å². The average molecular weight is 513 g/mol. The number of hydrogen-bond acceptors (Lipinski definition) is 10. The second-order valence-corrected chi connectivity index (χ2v) is 8.24. The molecular formula is C26H28N10O2. The van der Waals surface area contributed by atoms with E-state index >= 15 is 0 Å². The lowest BCUT2D eigenvalue weighted by atomic mass is 10.1. The number of carbonyl (C=O) groups is 1. The van der Waals surface area contributed by atoms with Gasteiger partial charge in [0, 0.05) is 44.8 Å². The van der Waals surface area contributed by atoms with E-state index in [4.69, 9.17) is 16.2 Å². The van der Waals surface area contributed by atoms with Crippen LogP contribution in [0.15, 0.2) is 77.8 Å². The molecule has 5 N–H and O–H groups in total. The van der Waals surface area contributed by atoms with Crippen LogP contribution in [0, 0.1) is 0 Å². The second kappa shape index (κ2) is 11.6. The third-order valence-corrected chi connectivity index (χ3v) is 5.47. The SMILES string of the molecule is COc1c(Nc2nc(N(C)CC(C=Nc3ccccc3)=CN)ncc2C(N)=O)cccc1-c1ncn(C)n1. The monoisotopic (exact) mass is 512 g/mol. The van der Waals surface area contributed by atoms with Gasteiger partial charge in [-0.15, -0.1) is 0 Å². The van der Waals surface area contributed by atoms with Gasteiger partial charge < -0.3 is 26.4 Å². The van der Waals surface area contributed by atoms with Crippen molar-refractivity contribution < 1.29 is 9.53 Å². The third kappa shape index (κ3) is 5.93. The molecule has 4 rings (SSSR count). The Morgan fingerprint density at radius 3 is 2.63 bits per heavy atom. The molecule has 38 heavy (non-hydrogen) atoms. The molecule has 4 aromatic rings. The summed E-state index contributed by atoms with van der Waals surface area (Å²) < 4.78 is 7.26. The second-order valence-electron chi connectivity index (χ2n) is 8.24. The van der Waals surface area contributed by atoms with Crippen LogP contribution in [-0.2, 0) is 7.05 Å². The molecule has 0 saturated heterocycles. The first-order chi connectivity index (χ1) is 18.4. The van der Waals surface area contributed by atoms with Crippen LogP contribution in [0.2, 0.25) is 0 Å². The molecule has 2 aromatic carbocycles. The van der Waals surface area contributed by atoms with Gasteiger partial charge in [-0.25, -0.2) is 9.97 Å². The zero-order valence-electron chi connectivity index (χ0n) is 21.2. The van der Waals surface area contributed by atoms with Crippen molar-refractivity contribution in [1.82, 2.24) is 24.7 Å². The number of methoxy groups -OCH3 is 1. The van der Waals surface area contributed by atoms with Gasteiger partial charge in [0.25, 0.3) is 5.91 Å². The number of nitrogens with two attached hydrogens (primary N) is 2. The first-order valence-electron chi connectivity index (χ1n) is 11.6. The van der Waals surface area contributed by atoms with Crippen LogP contribution in [0.4, 0.5) is 23.1 Å². The molecule has 0 radical (unpaired) electrons. The summed E-state index contributed by atoms with van der Waals surface area (Å²) >= 11 is 0. The highest BCUT2D eigenvalue weighted by atomic mass is 16.5. The topological polar surface area (TPSA) is 162 Å². The van der Waals surface area contributed by atoms with Gasteiger partial charge in [-0.05, 0) is 24.3 Å². The largest absolute Gasteiger partial charge is 0.494 e. The zero-order valence-corrected chi connectivity index (χ0v) is 21.2. The standard InChI is InChI=1S/C26H28N10O2/c1-35(15-17(12-27)13-29-18-8-5-4-6-9-18)26-30-14-20(23(28)37)25(33-26)32-21-11-7-10-19(22(21)38-3)24-31-16-36(2)34-24/h4-14,16H,15,27H2,1-3H3,(H2,28,37)(H,30,32,33). The molecule has 0 atom stereocenters. The maximum atomic E-state index is 12.2. The highest BCUT2D eigenvalue weighted by Crippen LogP contribution is 2.36. The highest BCUT2D eigenvalue weighted by Gasteiger charge is 2.19. The van der Waals surface area contributed by atoms with Gasteiger partial charge in [-0.1, -0.05) is 24.3 Å². The lowest BCUT2D eigenvalue weighted by molar-refractivity contribution is 0.100. The summed E-state index contributed by atoms with van der Waals surface area (Å²) in [6.45, 7) is 0.367. The minimum atomic E-state index is -0.680. The number of anilines is 3. The summed E-state index contributed by atoms with van der Waals surface area (Å²) in [6, 6.07) is 15.0. The fourth-order valence-corrected chi connectivity index (χ4v) is 3.61. The lowest BCUT2D eigenvalue weighted by Gasteiger charge is -2.20. The number of hydrogen-bond donors (Lipinski definition) is 3. The third-order valence-electron chi connectivity index (χ3n) is 5.47. The maximum absolute atomic E-state index is 12.2. The number of amides is 1. The summed E-state index contributed by atoms with van der Waals surface area (Å²) in [5.74, 6) is 0.847. The number of para-hydroxylation sites is 2. The maximum Gasteiger partial charge on any atom is 0.254 e. The van der Waals surface area contributed by atoms with Crippen molar-refractivity contribution in [2.24, 2.45) is 23.5 Å². The minimum Gasteiger partial charge on any atom is -0.494 e. The Bertz CT molecular complexity index is 1480. The fraction of sp³-hybridized carbons (Fsp3) is 0.154. The number of ether oxygens (including phenoxy) is 1. The molecule has 0 aliphatic rings. The van der Waals surface area contributed by atoms with Crippen LogP contribution in [0.25, 0.3) is 11.4 Å². The van der Waals surface area contributed by atoms with E-state index < -0.39 is 5.91 Å². The van der Waals surface area contributed by atoms with Gasteiger partial charge in [0.05, 0.1) is 24.0 Å². The van der Waals surface area contributed by atoms with E-state index in [9.17, 15) is 4.79 Å². The van der Waals surface area contributed by atoms with Crippen LogP contribution in [0.1, 0.15) is 10.4 Å². The summed E-state index contributed by atoms with van der Waals surface area (Å²) in [4.78, 5) is 31.6. The number of nitrogens with zero attached hydrogens (tertiary/aromatic N) is 7. The van der Waals surface area contributed by atoms with Gasteiger partial charge in [0.15, 0.2) is 11.6 Å². The number of rotatable bonds is 10. The van der Waals surface area contributed by atoms with E-state index in [0.29, 0.717) is 35.3 Å². The van der Waals surface area contributed by atoms with Crippen molar-refractivity contribution in [3.63, 3.8) is 0 Å². The van der Waals surface area contributed by atoms with Gasteiger partial charge >= 0.3 is 0 Å². The van der Waals surface area contributed by atoms with Crippen molar-refractivity contribution in [1.29, 1.82) is 0 Å². The molecule has 0 bridgehead atoms. The van der Waals surface area contributed by atoms with E-state index in [1.807, 2.05) is 42.5 Å². The first kappa shape index (κ1) is 25.8. The summed E-state index contributed by atoms with van der Waals surface area (Å²) in [7, 11) is 5.12. The molecule has 0 fully saturated rings. The van der Waals surface area contributed by atoms with E-state index in [1.54, 1.807) is 49.4 Å². The molecule has 0 aliphatic carbocycles. The van der Waals surface area contributed by atoms with Gasteiger partial charge in [-0.3, -0.25) is 14.5 Å². The summed E-state index contributed by atoms with van der Waals surface area (Å²) in [5.41, 5.74) is 14.3. The van der Waals surface area contributed by atoms with Crippen molar-refractivity contribution in [2.45, 2.75) is 0 Å². The zero-order chi connectivity index (χ0) is 27.1. The average Bonchev–Trinajstić information content (AvgIpc) is 3.37. The van der Waals surface area contributed by atoms with Crippen LogP contribution in [-0.4, -0.2) is 57.6 Å². The summed E-state index contributed by atoms with van der Waals surface area (Å²) in [6.07, 6.45) is 6.14. The first-order valence-corrected chi connectivity index (χ1v) is 11.6. The van der Waals surface area contributed by atoms with Crippen LogP contribution in [0.5, 0.6) is 5.75 Å². The van der Waals surface area contributed by atoms with Gasteiger partial charge in [0.1, 0.15) is 17.7 Å². The Kier molecular flexibility index (Phi) is 7.92. The molecule has 2 aromatic heterocycles. The lowest BCUT2D eigenvalue weighted by Crippen LogP contribution is -2.25. The van der Waals surface area contributed by atoms with Crippen LogP contribution in [0.3, 0.4) is 0 Å². The molecule has 12 heteroatoms. The van der Waals surface area contributed by atoms with Crippen LogP contribution >= 0.6 is 0 Å². The highest BCUT2D eigenvalue weighted by molar-refractivity contribution is 5.98. The molecule has 0 unspecified atom stereocenters. The Balaban J connectivity index is 1.62. The van der Waals surface area contributed by atoms with Crippen molar-refractivity contribution in [2.75, 3.05) is 30.9 Å². The Labute approximate surface area is 219 Å². The van der Waals surface area contributed by atoms with E-state index in [2.05, 4.69) is 30.4 Å². The quantitative estimate of drug-likeness (QED) is 0.271. The number of aromatic nitrogens is 5. The molecular weight excluding hydrogens is 484 g/mol. The molecule has 1 amide bonds.